The number of aryl methyl sites for hydroxylation is 1. The van der Waals surface area contributed by atoms with E-state index in [0.717, 1.165) is 0 Å². The molecule has 5 nitrogen and oxygen atoms in total. The third-order valence-electron chi connectivity index (χ3n) is 4.08. The van der Waals surface area contributed by atoms with E-state index in [4.69, 9.17) is 0 Å². The molecule has 0 unspecified atom stereocenters. The van der Waals surface area contributed by atoms with Gasteiger partial charge < -0.3 is 5.32 Å². The van der Waals surface area contributed by atoms with Crippen LogP contribution in [0, 0.1) is 12.7 Å². The molecule has 3 rings (SSSR count). The molecular weight excluding hydrogens is 391 g/mol. The number of benzene rings is 3. The molecule has 0 aliphatic carbocycles. The van der Waals surface area contributed by atoms with Crippen molar-refractivity contribution < 1.29 is 17.6 Å². The molecule has 0 aliphatic rings. The van der Waals surface area contributed by atoms with Gasteiger partial charge in [-0.1, -0.05) is 36.4 Å². The molecule has 0 aromatic heterocycles. The van der Waals surface area contributed by atoms with Gasteiger partial charge in [0.25, 0.3) is 10.0 Å². The van der Waals surface area contributed by atoms with E-state index in [-0.39, 0.29) is 10.7 Å². The molecule has 3 aromatic rings. The standard InChI is InChI=1S/C22H19FN2O3S/c1-16-10-12-19(24-22(26)13-11-17-6-5-7-18(23)14-17)15-21(16)25-29(27,28)20-8-3-2-4-9-20/h2-15,25H,1H3,(H,24,26)/b13-11+. The molecule has 0 bridgehead atoms. The van der Waals surface area contributed by atoms with Crippen LogP contribution in [0.4, 0.5) is 15.8 Å². The number of hydrogen-bond acceptors (Lipinski definition) is 3. The molecule has 0 radical (unpaired) electrons. The maximum Gasteiger partial charge on any atom is 0.261 e. The molecule has 1 amide bonds. The zero-order valence-corrected chi connectivity index (χ0v) is 16.4. The molecular formula is C22H19FN2O3S. The largest absolute Gasteiger partial charge is 0.322 e. The summed E-state index contributed by atoms with van der Waals surface area (Å²) in [5.41, 5.74) is 2.05. The van der Waals surface area contributed by atoms with Gasteiger partial charge in [0, 0.05) is 11.8 Å². The van der Waals surface area contributed by atoms with Gasteiger partial charge >= 0.3 is 0 Å². The fraction of sp³-hybridized carbons (Fsp3) is 0.0455. The second-order valence-electron chi connectivity index (χ2n) is 6.33. The van der Waals surface area contributed by atoms with Gasteiger partial charge in [0.15, 0.2) is 0 Å². The Balaban J connectivity index is 1.74. The summed E-state index contributed by atoms with van der Waals surface area (Å²) in [4.78, 5) is 12.3. The molecule has 0 fully saturated rings. The van der Waals surface area contributed by atoms with Crippen LogP contribution in [0.3, 0.4) is 0 Å². The van der Waals surface area contributed by atoms with E-state index < -0.39 is 15.9 Å². The monoisotopic (exact) mass is 410 g/mol. The van der Waals surface area contributed by atoms with Gasteiger partial charge in [-0.05, 0) is 60.5 Å². The van der Waals surface area contributed by atoms with E-state index in [2.05, 4.69) is 10.0 Å². The first kappa shape index (κ1) is 20.3. The zero-order chi connectivity index (χ0) is 20.9. The van der Waals surface area contributed by atoms with Crippen LogP contribution in [0.25, 0.3) is 6.08 Å². The summed E-state index contributed by atoms with van der Waals surface area (Å²) in [5.74, 6) is -0.809. The lowest BCUT2D eigenvalue weighted by molar-refractivity contribution is -0.111. The van der Waals surface area contributed by atoms with Crippen molar-refractivity contribution in [2.75, 3.05) is 10.0 Å². The van der Waals surface area contributed by atoms with Crippen LogP contribution in [0.15, 0.2) is 83.8 Å². The maximum atomic E-state index is 13.2. The van der Waals surface area contributed by atoms with Crippen LogP contribution in [0.5, 0.6) is 0 Å². The van der Waals surface area contributed by atoms with Crippen molar-refractivity contribution in [2.45, 2.75) is 11.8 Å². The molecule has 2 N–H and O–H groups in total. The SMILES string of the molecule is Cc1ccc(NC(=O)/C=C/c2cccc(F)c2)cc1NS(=O)(=O)c1ccccc1. The predicted octanol–water partition coefficient (Wildman–Crippen LogP) is 4.59. The maximum absolute atomic E-state index is 13.2. The van der Waals surface area contributed by atoms with E-state index in [1.165, 1.54) is 36.4 Å². The van der Waals surface area contributed by atoms with Crippen molar-refractivity contribution in [1.82, 2.24) is 0 Å². The molecule has 0 atom stereocenters. The van der Waals surface area contributed by atoms with Crippen molar-refractivity contribution in [3.63, 3.8) is 0 Å². The van der Waals surface area contributed by atoms with Gasteiger partial charge in [-0.2, -0.15) is 0 Å². The van der Waals surface area contributed by atoms with E-state index >= 15 is 0 Å². The Kier molecular flexibility index (Phi) is 6.09. The summed E-state index contributed by atoms with van der Waals surface area (Å²) < 4.78 is 40.8. The number of hydrogen-bond donors (Lipinski definition) is 2. The minimum Gasteiger partial charge on any atom is -0.322 e. The van der Waals surface area contributed by atoms with Gasteiger partial charge in [-0.25, -0.2) is 12.8 Å². The van der Waals surface area contributed by atoms with Crippen LogP contribution in [0.1, 0.15) is 11.1 Å². The highest BCUT2D eigenvalue weighted by Crippen LogP contribution is 2.23. The summed E-state index contributed by atoms with van der Waals surface area (Å²) in [7, 11) is -3.74. The minimum absolute atomic E-state index is 0.145. The Morgan fingerprint density at radius 3 is 2.45 bits per heavy atom. The number of nitrogens with one attached hydrogen (secondary N) is 2. The highest BCUT2D eigenvalue weighted by molar-refractivity contribution is 7.92. The molecule has 148 valence electrons. The molecule has 0 spiro atoms. The van der Waals surface area contributed by atoms with Gasteiger partial charge in [0.05, 0.1) is 10.6 Å². The number of carbonyl (C=O) groups is 1. The molecule has 29 heavy (non-hydrogen) atoms. The number of rotatable bonds is 6. The van der Waals surface area contributed by atoms with E-state index in [0.29, 0.717) is 22.5 Å². The molecule has 3 aromatic carbocycles. The average Bonchev–Trinajstić information content (AvgIpc) is 2.69. The van der Waals surface area contributed by atoms with E-state index in [1.54, 1.807) is 55.5 Å². The summed E-state index contributed by atoms with van der Waals surface area (Å²) in [6.45, 7) is 1.76. The molecule has 7 heteroatoms. The highest BCUT2D eigenvalue weighted by Gasteiger charge is 2.15. The minimum atomic E-state index is -3.74. The number of amides is 1. The van der Waals surface area contributed by atoms with Crippen molar-refractivity contribution >= 4 is 33.4 Å². The molecule has 0 aliphatic heterocycles. The fourth-order valence-corrected chi connectivity index (χ4v) is 3.72. The van der Waals surface area contributed by atoms with Gasteiger partial charge in [-0.15, -0.1) is 0 Å². The Morgan fingerprint density at radius 1 is 0.966 bits per heavy atom. The second kappa shape index (κ2) is 8.70. The number of halogens is 1. The Bertz CT molecular complexity index is 1160. The Hall–Kier alpha value is -3.45. The molecule has 0 saturated heterocycles. The third kappa shape index (κ3) is 5.52. The number of carbonyl (C=O) groups excluding carboxylic acids is 1. The number of sulfonamides is 1. The summed E-state index contributed by atoms with van der Waals surface area (Å²) in [5, 5.41) is 2.67. The molecule has 0 heterocycles. The fourth-order valence-electron chi connectivity index (χ4n) is 2.58. The highest BCUT2D eigenvalue weighted by atomic mass is 32.2. The number of anilines is 2. The lowest BCUT2D eigenvalue weighted by atomic mass is 10.2. The van der Waals surface area contributed by atoms with Crippen LogP contribution >= 0.6 is 0 Å². The normalized spacial score (nSPS) is 11.4. The van der Waals surface area contributed by atoms with E-state index in [1.807, 2.05) is 0 Å². The Labute approximate surface area is 169 Å². The quantitative estimate of drug-likeness (QED) is 0.584. The van der Waals surface area contributed by atoms with Gasteiger partial charge in [0.2, 0.25) is 5.91 Å². The predicted molar refractivity (Wildman–Crippen MR) is 112 cm³/mol. The summed E-state index contributed by atoms with van der Waals surface area (Å²) >= 11 is 0. The van der Waals surface area contributed by atoms with Crippen molar-refractivity contribution in [3.05, 3.63) is 95.8 Å². The smallest absolute Gasteiger partial charge is 0.261 e. The first-order chi connectivity index (χ1) is 13.8. The topological polar surface area (TPSA) is 75.3 Å². The Morgan fingerprint density at radius 2 is 1.72 bits per heavy atom. The second-order valence-corrected chi connectivity index (χ2v) is 8.01. The molecule has 0 saturated carbocycles. The average molecular weight is 410 g/mol. The zero-order valence-electron chi connectivity index (χ0n) is 15.6. The van der Waals surface area contributed by atoms with Crippen LogP contribution < -0.4 is 10.0 Å². The van der Waals surface area contributed by atoms with E-state index in [9.17, 15) is 17.6 Å². The summed E-state index contributed by atoms with van der Waals surface area (Å²) in [6, 6.07) is 18.8. The summed E-state index contributed by atoms with van der Waals surface area (Å²) in [6.07, 6.45) is 2.77. The van der Waals surface area contributed by atoms with Crippen molar-refractivity contribution in [3.8, 4) is 0 Å². The van der Waals surface area contributed by atoms with Crippen molar-refractivity contribution in [2.24, 2.45) is 0 Å². The first-order valence-corrected chi connectivity index (χ1v) is 10.2. The van der Waals surface area contributed by atoms with Crippen LogP contribution in [-0.2, 0) is 14.8 Å². The lowest BCUT2D eigenvalue weighted by Gasteiger charge is -2.12. The van der Waals surface area contributed by atoms with Crippen LogP contribution in [-0.4, -0.2) is 14.3 Å². The van der Waals surface area contributed by atoms with Gasteiger partial charge in [-0.3, -0.25) is 9.52 Å². The lowest BCUT2D eigenvalue weighted by Crippen LogP contribution is -2.14. The van der Waals surface area contributed by atoms with Crippen LogP contribution in [0.2, 0.25) is 0 Å². The van der Waals surface area contributed by atoms with Gasteiger partial charge in [0.1, 0.15) is 5.82 Å². The first-order valence-electron chi connectivity index (χ1n) is 8.77. The van der Waals surface area contributed by atoms with Crippen molar-refractivity contribution in [1.29, 1.82) is 0 Å². The third-order valence-corrected chi connectivity index (χ3v) is 5.46.